The van der Waals surface area contributed by atoms with Crippen molar-refractivity contribution in [2.45, 2.75) is 160 Å². The van der Waals surface area contributed by atoms with Crippen LogP contribution in [0.15, 0.2) is 214 Å². The highest BCUT2D eigenvalue weighted by Gasteiger charge is 2.44. The molecule has 8 aromatic carbocycles. The van der Waals surface area contributed by atoms with Gasteiger partial charge in [-0.05, 0) is 200 Å². The number of benzene rings is 8. The monoisotopic (exact) mass is 1370 g/mol. The Labute approximate surface area is 553 Å². The van der Waals surface area contributed by atoms with Crippen molar-refractivity contribution in [3.63, 3.8) is 0 Å². The number of rotatable bonds is 11. The highest BCUT2D eigenvalue weighted by molar-refractivity contribution is 7.86. The molecule has 2 aliphatic heterocycles. The van der Waals surface area contributed by atoms with Gasteiger partial charge in [0.05, 0.1) is 15.2 Å². The van der Waals surface area contributed by atoms with Gasteiger partial charge in [0.25, 0.3) is 0 Å². The van der Waals surface area contributed by atoms with Gasteiger partial charge in [-0.25, -0.2) is 16.8 Å². The van der Waals surface area contributed by atoms with Gasteiger partial charge in [-0.2, -0.15) is 4.58 Å². The van der Waals surface area contributed by atoms with Gasteiger partial charge in [0.2, 0.25) is 5.69 Å². The standard InChI is InChI=1S/C40H40ClN2.C22H30I.C9H12O3S.C7H8O3S/c1-39(2)34(42(5)32-22-18-26-12-7-9-16-30(26)36(32)39)24-20-28-14-11-15-29(38(28)41)21-25-35-40(3,4)37-31-17-10-8-13-27(31)19-23-33(37)43(35)6;1-7-21(3,4)17-9-13-19(14-10-17)23-20-15-11-18(12-16-20)22(5,6)8-2;1-6-4-7(2)9(8(3)5-6)13(10,11)12;1-6-2-4-7(5-3-6)11(8,9)10/h7-10,12-13,16-25H,11,14-15H2,1-6H3;9-16H,7-8H2,1-6H3;4-5H,1-3H3,(H,10,11,12);2-5H,1H3,(H,8,9,10)/q2*+1;;/p-2. The molecule has 0 amide bonds. The minimum atomic E-state index is -4.33. The fourth-order valence-corrected chi connectivity index (χ4v) is 16.5. The number of aryl methyl sites for hydroxylation is 4. The summed E-state index contributed by atoms with van der Waals surface area (Å²) < 4.78 is 69.0. The van der Waals surface area contributed by atoms with Crippen LogP contribution in [0.3, 0.4) is 0 Å². The molecule has 90 heavy (non-hydrogen) atoms. The van der Waals surface area contributed by atoms with Crippen LogP contribution in [0.5, 0.6) is 0 Å². The van der Waals surface area contributed by atoms with Crippen LogP contribution >= 0.6 is 11.6 Å². The molecular weight excluding hydrogens is 1290 g/mol. The van der Waals surface area contributed by atoms with Gasteiger partial charge in [0.1, 0.15) is 27.3 Å². The molecule has 1 aliphatic carbocycles. The Kier molecular flexibility index (Phi) is 21.4. The molecule has 0 fully saturated rings. The maximum atomic E-state index is 10.8. The summed E-state index contributed by atoms with van der Waals surface area (Å²) >= 11 is 7.08. The first-order valence-electron chi connectivity index (χ1n) is 31.0. The van der Waals surface area contributed by atoms with E-state index in [4.69, 9.17) is 11.6 Å². The largest absolute Gasteiger partial charge is 0.744 e. The van der Waals surface area contributed by atoms with Crippen molar-refractivity contribution in [1.29, 1.82) is 0 Å². The van der Waals surface area contributed by atoms with E-state index < -0.39 is 20.2 Å². The lowest BCUT2D eigenvalue weighted by Crippen LogP contribution is -3.61. The fourth-order valence-electron chi connectivity index (χ4n) is 12.7. The molecule has 472 valence electrons. The molecular formula is C78H88ClIN2O6S2. The smallest absolute Gasteiger partial charge is 0.357 e. The van der Waals surface area contributed by atoms with E-state index in [1.807, 2.05) is 13.8 Å². The average molecular weight is 1380 g/mol. The average Bonchev–Trinajstić information content (AvgIpc) is 1.60. The topological polar surface area (TPSA) is 121 Å². The Morgan fingerprint density at radius 3 is 1.60 bits per heavy atom. The van der Waals surface area contributed by atoms with Crippen molar-refractivity contribution in [3.8, 4) is 0 Å². The van der Waals surface area contributed by atoms with E-state index in [-0.39, 0.29) is 52.7 Å². The molecule has 0 atom stereocenters. The van der Waals surface area contributed by atoms with E-state index in [2.05, 4.69) is 238 Å². The molecule has 11 rings (SSSR count). The normalized spacial score (nSPS) is 16.4. The number of hydrogen-bond acceptors (Lipinski definition) is 7. The number of likely N-dealkylation sites (N-methyl/N-ethyl adjacent to an activating group) is 1. The maximum Gasteiger partial charge on any atom is 0.357 e. The Morgan fingerprint density at radius 1 is 0.600 bits per heavy atom. The van der Waals surface area contributed by atoms with Crippen LogP contribution in [0.2, 0.25) is 0 Å². The molecule has 8 nitrogen and oxygen atoms in total. The van der Waals surface area contributed by atoms with Gasteiger partial charge in [0, 0.05) is 46.6 Å². The molecule has 0 radical (unpaired) electrons. The minimum absolute atomic E-state index is 0.0793. The summed E-state index contributed by atoms with van der Waals surface area (Å²) in [4.78, 5) is 2.09. The summed E-state index contributed by atoms with van der Waals surface area (Å²) in [5, 5.41) is 6.17. The lowest BCUT2D eigenvalue weighted by Gasteiger charge is -2.25. The lowest BCUT2D eigenvalue weighted by molar-refractivity contribution is -0.597. The third-order valence-corrected chi connectivity index (χ3v) is 23.7. The fraction of sp³-hybridized carbons (Fsp3) is 0.321. The summed E-state index contributed by atoms with van der Waals surface area (Å²) in [5.74, 6) is 0. The third-order valence-electron chi connectivity index (χ3n) is 18.5. The number of nitrogens with zero attached hydrogens (tertiary/aromatic N) is 2. The molecule has 0 aromatic heterocycles. The number of halogens is 2. The predicted octanol–water partition coefficient (Wildman–Crippen LogP) is 16.1. The Morgan fingerprint density at radius 2 is 1.10 bits per heavy atom. The summed E-state index contributed by atoms with van der Waals surface area (Å²) in [7, 11) is -4.22. The Bertz CT molecular complexity index is 4300. The zero-order valence-electron chi connectivity index (χ0n) is 55.3. The van der Waals surface area contributed by atoms with Crippen LogP contribution in [0.25, 0.3) is 21.5 Å². The first-order chi connectivity index (χ1) is 42.2. The lowest BCUT2D eigenvalue weighted by atomic mass is 9.79. The number of hydrogen-bond donors (Lipinski definition) is 0. The van der Waals surface area contributed by atoms with Crippen molar-refractivity contribution in [1.82, 2.24) is 0 Å². The summed E-state index contributed by atoms with van der Waals surface area (Å²) in [6.45, 7) is 30.1. The van der Waals surface area contributed by atoms with Crippen LogP contribution in [-0.4, -0.2) is 50.3 Å². The van der Waals surface area contributed by atoms with Gasteiger partial charge < -0.3 is 14.0 Å². The number of allylic oxidation sites excluding steroid dienone is 8. The summed E-state index contributed by atoms with van der Waals surface area (Å²) in [6.07, 6.45) is 14.6. The molecule has 0 unspecified atom stereocenters. The second kappa shape index (κ2) is 27.8. The van der Waals surface area contributed by atoms with Gasteiger partial charge in [-0.1, -0.05) is 193 Å². The Balaban J connectivity index is 0.000000184. The zero-order valence-corrected chi connectivity index (χ0v) is 59.8. The van der Waals surface area contributed by atoms with E-state index in [1.165, 1.54) is 110 Å². The minimum Gasteiger partial charge on any atom is -0.744 e. The van der Waals surface area contributed by atoms with E-state index >= 15 is 0 Å². The molecule has 0 saturated carbocycles. The molecule has 3 aliphatic rings. The molecule has 0 bridgehead atoms. The van der Waals surface area contributed by atoms with E-state index in [0.29, 0.717) is 11.1 Å². The molecule has 0 N–H and O–H groups in total. The van der Waals surface area contributed by atoms with Crippen molar-refractivity contribution < 1.29 is 51.7 Å². The van der Waals surface area contributed by atoms with Crippen LogP contribution in [-0.2, 0) is 41.9 Å². The van der Waals surface area contributed by atoms with E-state index in [0.717, 1.165) is 35.4 Å². The predicted molar refractivity (Wildman–Crippen MR) is 370 cm³/mol. The van der Waals surface area contributed by atoms with Crippen LogP contribution in [0.1, 0.15) is 146 Å². The SMILES string of the molecule is CCC(C)(C)c1ccc([I+]c2ccc(C(C)(C)CC)cc2)cc1.CN1C(=CC=C2CCCC(C=CC3=[N+](C)c4ccc5ccccc5c4C3(C)C)=C2Cl)C(C)(C)c2c1ccc1ccccc21.Cc1cc(C)c(S(=O)(=O)[O-])c(C)c1.Cc1ccc(S(=O)(=O)[O-])cc1. The van der Waals surface area contributed by atoms with Gasteiger partial charge in [0.15, 0.2) is 12.9 Å². The third kappa shape index (κ3) is 15.4. The second-order valence-corrected chi connectivity index (χ2v) is 32.5. The zero-order chi connectivity index (χ0) is 65.9. The highest BCUT2D eigenvalue weighted by Crippen LogP contribution is 2.50. The van der Waals surface area contributed by atoms with Crippen LogP contribution in [0.4, 0.5) is 11.4 Å². The summed E-state index contributed by atoms with van der Waals surface area (Å²) in [5.41, 5.74) is 16.6. The molecule has 0 saturated heterocycles. The Hall–Kier alpha value is -6.45. The molecule has 12 heteroatoms. The van der Waals surface area contributed by atoms with Gasteiger partial charge in [-0.3, -0.25) is 0 Å². The van der Waals surface area contributed by atoms with E-state index in [1.54, 1.807) is 38.1 Å². The van der Waals surface area contributed by atoms with Crippen LogP contribution in [0, 0.1) is 34.8 Å². The number of anilines is 1. The highest BCUT2D eigenvalue weighted by atomic mass is 127. The molecule has 0 spiro atoms. The first-order valence-corrected chi connectivity index (χ1v) is 36.4. The van der Waals surface area contributed by atoms with Crippen molar-refractivity contribution >= 4 is 70.5 Å². The van der Waals surface area contributed by atoms with Crippen molar-refractivity contribution in [3.05, 3.63) is 256 Å². The van der Waals surface area contributed by atoms with Gasteiger partial charge >= 0.3 is 21.2 Å². The van der Waals surface area contributed by atoms with E-state index in [9.17, 15) is 25.9 Å². The number of fused-ring (bicyclic) bond motifs is 6. The second-order valence-electron chi connectivity index (χ2n) is 26.4. The maximum absolute atomic E-state index is 10.8. The van der Waals surface area contributed by atoms with Crippen molar-refractivity contribution in [2.75, 3.05) is 19.0 Å². The quantitative estimate of drug-likeness (QED) is 0.0718. The first kappa shape index (κ1) is 69.4. The summed E-state index contributed by atoms with van der Waals surface area (Å²) in [6, 6.07) is 54.3. The van der Waals surface area contributed by atoms with Crippen molar-refractivity contribution in [2.24, 2.45) is 0 Å². The molecule has 2 heterocycles. The molecule has 8 aromatic rings. The van der Waals surface area contributed by atoms with Crippen LogP contribution < -0.4 is 26.1 Å². The van der Waals surface area contributed by atoms with Gasteiger partial charge in [-0.15, -0.1) is 0 Å².